The molecule has 0 saturated carbocycles. The highest BCUT2D eigenvalue weighted by Crippen LogP contribution is 2.28. The van der Waals surface area contributed by atoms with Crippen LogP contribution in [0.15, 0.2) is 18.2 Å². The molecular formula is C10H9NO3. The summed E-state index contributed by atoms with van der Waals surface area (Å²) < 4.78 is 5.28. The third-order valence-corrected chi connectivity index (χ3v) is 2.21. The van der Waals surface area contributed by atoms with Gasteiger partial charge in [0.15, 0.2) is 6.10 Å². The number of ether oxygens (including phenoxy) is 1. The summed E-state index contributed by atoms with van der Waals surface area (Å²) in [6.07, 6.45) is 0.622. The van der Waals surface area contributed by atoms with Gasteiger partial charge in [0.2, 0.25) is 0 Å². The van der Waals surface area contributed by atoms with Crippen LogP contribution >= 0.6 is 0 Å². The molecule has 1 heterocycles. The smallest absolute Gasteiger partial charge is 0.258 e. The van der Waals surface area contributed by atoms with Gasteiger partial charge in [0.25, 0.3) is 5.91 Å². The van der Waals surface area contributed by atoms with Crippen LogP contribution in [0.4, 0.5) is 0 Å². The molecule has 0 aliphatic carbocycles. The Morgan fingerprint density at radius 3 is 3.00 bits per heavy atom. The highest BCUT2D eigenvalue weighted by molar-refractivity contribution is 5.81. The lowest BCUT2D eigenvalue weighted by Gasteiger charge is -2.04. The number of nitrogens with two attached hydrogens (primary N) is 1. The van der Waals surface area contributed by atoms with E-state index >= 15 is 0 Å². The lowest BCUT2D eigenvalue weighted by atomic mass is 10.1. The van der Waals surface area contributed by atoms with Gasteiger partial charge < -0.3 is 10.5 Å². The fraction of sp³-hybridized carbons (Fsp3) is 0.200. The summed E-state index contributed by atoms with van der Waals surface area (Å²) in [7, 11) is 0. The monoisotopic (exact) mass is 191 g/mol. The van der Waals surface area contributed by atoms with Gasteiger partial charge in [0.1, 0.15) is 12.0 Å². The summed E-state index contributed by atoms with van der Waals surface area (Å²) in [5.41, 5.74) is 6.55. The van der Waals surface area contributed by atoms with E-state index in [1.54, 1.807) is 18.2 Å². The molecule has 1 aromatic carbocycles. The highest BCUT2D eigenvalue weighted by Gasteiger charge is 2.27. The predicted molar refractivity (Wildman–Crippen MR) is 49.1 cm³/mol. The first kappa shape index (κ1) is 8.74. The molecule has 0 aromatic heterocycles. The molecule has 1 aromatic rings. The third-order valence-electron chi connectivity index (χ3n) is 2.21. The van der Waals surface area contributed by atoms with Crippen molar-refractivity contribution in [2.75, 3.05) is 0 Å². The Morgan fingerprint density at radius 2 is 2.36 bits per heavy atom. The summed E-state index contributed by atoms with van der Waals surface area (Å²) in [4.78, 5) is 21.3. The van der Waals surface area contributed by atoms with Crippen molar-refractivity contribution in [1.82, 2.24) is 0 Å². The first-order chi connectivity index (χ1) is 6.70. The van der Waals surface area contributed by atoms with Crippen LogP contribution < -0.4 is 10.5 Å². The minimum Gasteiger partial charge on any atom is -0.480 e. The lowest BCUT2D eigenvalue weighted by molar-refractivity contribution is -0.123. The van der Waals surface area contributed by atoms with E-state index in [4.69, 9.17) is 10.5 Å². The molecule has 72 valence electrons. The van der Waals surface area contributed by atoms with E-state index in [9.17, 15) is 9.59 Å². The quantitative estimate of drug-likeness (QED) is 0.683. The molecule has 1 amide bonds. The maximum Gasteiger partial charge on any atom is 0.258 e. The molecule has 2 rings (SSSR count). The zero-order valence-corrected chi connectivity index (χ0v) is 7.40. The van der Waals surface area contributed by atoms with Crippen molar-refractivity contribution in [1.29, 1.82) is 0 Å². The highest BCUT2D eigenvalue weighted by atomic mass is 16.5. The fourth-order valence-corrected chi connectivity index (χ4v) is 1.50. The topological polar surface area (TPSA) is 69.4 Å². The molecule has 0 spiro atoms. The number of benzene rings is 1. The van der Waals surface area contributed by atoms with Gasteiger partial charge in [-0.25, -0.2) is 0 Å². The number of aldehydes is 1. The Balaban J connectivity index is 2.31. The van der Waals surface area contributed by atoms with Crippen LogP contribution in [-0.4, -0.2) is 18.3 Å². The molecule has 4 nitrogen and oxygen atoms in total. The number of carbonyl (C=O) groups is 2. The van der Waals surface area contributed by atoms with E-state index in [0.717, 1.165) is 11.8 Å². The van der Waals surface area contributed by atoms with Crippen molar-refractivity contribution in [2.24, 2.45) is 5.73 Å². The van der Waals surface area contributed by atoms with Crippen molar-refractivity contribution in [3.63, 3.8) is 0 Å². The molecular weight excluding hydrogens is 182 g/mol. The maximum atomic E-state index is 10.9. The van der Waals surface area contributed by atoms with Gasteiger partial charge in [-0.3, -0.25) is 9.59 Å². The molecule has 0 radical (unpaired) electrons. The number of rotatable bonds is 2. The Morgan fingerprint density at radius 1 is 1.57 bits per heavy atom. The normalized spacial score (nSPS) is 18.4. The standard InChI is InChI=1S/C10H9NO3/c11-10(13)9-4-7-3-6(5-12)1-2-8(7)14-9/h1-3,5,9H,4H2,(H2,11,13). The van der Waals surface area contributed by atoms with Crippen LogP contribution in [0, 0.1) is 0 Å². The van der Waals surface area contributed by atoms with Crippen molar-refractivity contribution >= 4 is 12.2 Å². The lowest BCUT2D eigenvalue weighted by Crippen LogP contribution is -2.31. The number of hydrogen-bond acceptors (Lipinski definition) is 3. The maximum absolute atomic E-state index is 10.9. The number of amides is 1. The van der Waals surface area contributed by atoms with Crippen LogP contribution in [0.2, 0.25) is 0 Å². The summed E-state index contributed by atoms with van der Waals surface area (Å²) in [5.74, 6) is 0.160. The van der Waals surface area contributed by atoms with E-state index < -0.39 is 12.0 Å². The molecule has 1 aliphatic heterocycles. The second kappa shape index (κ2) is 3.14. The van der Waals surface area contributed by atoms with Crippen molar-refractivity contribution in [3.05, 3.63) is 29.3 Å². The molecule has 0 fully saturated rings. The van der Waals surface area contributed by atoms with Gasteiger partial charge >= 0.3 is 0 Å². The van der Waals surface area contributed by atoms with Crippen molar-refractivity contribution in [3.8, 4) is 5.75 Å². The summed E-state index contributed by atoms with van der Waals surface area (Å²) in [5, 5.41) is 0. The average molecular weight is 191 g/mol. The SMILES string of the molecule is NC(=O)C1Cc2cc(C=O)ccc2O1. The molecule has 1 atom stereocenters. The predicted octanol–water partition coefficient (Wildman–Crippen LogP) is 0.288. The van der Waals surface area contributed by atoms with Gasteiger partial charge in [-0.05, 0) is 23.8 Å². The van der Waals surface area contributed by atoms with Gasteiger partial charge in [-0.15, -0.1) is 0 Å². The van der Waals surface area contributed by atoms with Crippen LogP contribution in [0.5, 0.6) is 5.75 Å². The first-order valence-electron chi connectivity index (χ1n) is 4.25. The van der Waals surface area contributed by atoms with Gasteiger partial charge in [0.05, 0.1) is 0 Å². The van der Waals surface area contributed by atoms with Crippen LogP contribution in [-0.2, 0) is 11.2 Å². The second-order valence-electron chi connectivity index (χ2n) is 3.20. The van der Waals surface area contributed by atoms with Crippen LogP contribution in [0.1, 0.15) is 15.9 Å². The van der Waals surface area contributed by atoms with Gasteiger partial charge in [-0.2, -0.15) is 0 Å². The number of fused-ring (bicyclic) bond motifs is 1. The first-order valence-corrected chi connectivity index (χ1v) is 4.25. The summed E-state index contributed by atoms with van der Waals surface area (Å²) in [6.45, 7) is 0. The molecule has 0 bridgehead atoms. The summed E-state index contributed by atoms with van der Waals surface area (Å²) in [6, 6.07) is 5.04. The number of hydrogen-bond donors (Lipinski definition) is 1. The zero-order chi connectivity index (χ0) is 10.1. The molecule has 1 unspecified atom stereocenters. The van der Waals surface area contributed by atoms with Crippen LogP contribution in [0.3, 0.4) is 0 Å². The fourth-order valence-electron chi connectivity index (χ4n) is 1.50. The van der Waals surface area contributed by atoms with Crippen molar-refractivity contribution < 1.29 is 14.3 Å². The molecule has 4 heteroatoms. The molecule has 0 saturated heterocycles. The van der Waals surface area contributed by atoms with E-state index in [0.29, 0.717) is 17.7 Å². The third kappa shape index (κ3) is 1.35. The number of carbonyl (C=O) groups excluding carboxylic acids is 2. The van der Waals surface area contributed by atoms with E-state index in [1.807, 2.05) is 0 Å². The Hall–Kier alpha value is -1.84. The van der Waals surface area contributed by atoms with E-state index in [2.05, 4.69) is 0 Å². The van der Waals surface area contributed by atoms with Gasteiger partial charge in [-0.1, -0.05) is 0 Å². The Kier molecular flexibility index (Phi) is 1.96. The minimum absolute atomic E-state index is 0.451. The Labute approximate surface area is 80.7 Å². The molecule has 1 aliphatic rings. The van der Waals surface area contributed by atoms with Crippen LogP contribution in [0.25, 0.3) is 0 Å². The second-order valence-corrected chi connectivity index (χ2v) is 3.20. The average Bonchev–Trinajstić information content (AvgIpc) is 2.59. The molecule has 2 N–H and O–H groups in total. The van der Waals surface area contributed by atoms with E-state index in [-0.39, 0.29) is 0 Å². The number of primary amides is 1. The minimum atomic E-state index is -0.591. The van der Waals surface area contributed by atoms with Crippen molar-refractivity contribution in [2.45, 2.75) is 12.5 Å². The van der Waals surface area contributed by atoms with Gasteiger partial charge in [0, 0.05) is 12.0 Å². The van der Waals surface area contributed by atoms with E-state index in [1.165, 1.54) is 0 Å². The Bertz CT molecular complexity index is 400. The zero-order valence-electron chi connectivity index (χ0n) is 7.40. The largest absolute Gasteiger partial charge is 0.480 e. The summed E-state index contributed by atoms with van der Waals surface area (Å²) >= 11 is 0. The molecule has 14 heavy (non-hydrogen) atoms.